The average Bonchev–Trinajstić information content (AvgIpc) is 2.92. The summed E-state index contributed by atoms with van der Waals surface area (Å²) in [5.41, 5.74) is 3.23. The SMILES string of the molecule is CCNC(=O)[C@@H](CC)N(Cc1ccccc1)C(=O)CN(c1ccc(C(C)C)cc1)S(=O)(=O)c1ccc(C)cc1. The molecule has 1 N–H and O–H groups in total. The first-order valence-electron chi connectivity index (χ1n) is 13.4. The van der Waals surface area contributed by atoms with Crippen LogP contribution < -0.4 is 9.62 Å². The van der Waals surface area contributed by atoms with Gasteiger partial charge in [-0.2, -0.15) is 0 Å². The fraction of sp³-hybridized carbons (Fsp3) is 0.355. The minimum absolute atomic E-state index is 0.0965. The molecule has 0 spiro atoms. The molecular formula is C31H39N3O4S. The highest BCUT2D eigenvalue weighted by Gasteiger charge is 2.33. The molecule has 7 nitrogen and oxygen atoms in total. The van der Waals surface area contributed by atoms with Crippen LogP contribution in [0.1, 0.15) is 56.7 Å². The van der Waals surface area contributed by atoms with Crippen LogP contribution in [0.2, 0.25) is 0 Å². The standard InChI is InChI=1S/C31H39N3O4S/c1-6-29(31(36)32-7-2)33(21-25-11-9-8-10-12-25)30(35)22-34(27-17-15-26(16-18-27)23(3)4)39(37,38)28-19-13-24(5)14-20-28/h8-20,23,29H,6-7,21-22H2,1-5H3,(H,32,36)/t29-/m1/s1. The van der Waals surface area contributed by atoms with E-state index in [0.29, 0.717) is 18.7 Å². The Balaban J connectivity index is 2.06. The molecule has 0 unspecified atom stereocenters. The second-order valence-electron chi connectivity index (χ2n) is 9.90. The molecule has 0 fully saturated rings. The zero-order valence-corrected chi connectivity index (χ0v) is 24.2. The van der Waals surface area contributed by atoms with E-state index in [0.717, 1.165) is 21.0 Å². The van der Waals surface area contributed by atoms with E-state index >= 15 is 0 Å². The van der Waals surface area contributed by atoms with Crippen molar-refractivity contribution in [3.8, 4) is 0 Å². The quantitative estimate of drug-likeness (QED) is 0.334. The molecular weight excluding hydrogens is 510 g/mol. The Hall–Kier alpha value is -3.65. The number of carbonyl (C=O) groups excluding carboxylic acids is 2. The lowest BCUT2D eigenvalue weighted by Gasteiger charge is -2.33. The van der Waals surface area contributed by atoms with Crippen LogP contribution in [0.25, 0.3) is 0 Å². The van der Waals surface area contributed by atoms with Crippen molar-refractivity contribution in [2.24, 2.45) is 0 Å². The second kappa shape index (κ2) is 13.4. The van der Waals surface area contributed by atoms with Gasteiger partial charge in [-0.15, -0.1) is 0 Å². The van der Waals surface area contributed by atoms with Gasteiger partial charge >= 0.3 is 0 Å². The lowest BCUT2D eigenvalue weighted by molar-refractivity contribution is -0.140. The van der Waals surface area contributed by atoms with Crippen LogP contribution in [-0.2, 0) is 26.2 Å². The van der Waals surface area contributed by atoms with Gasteiger partial charge in [0.05, 0.1) is 10.6 Å². The minimum atomic E-state index is -4.08. The van der Waals surface area contributed by atoms with Gasteiger partial charge in [-0.25, -0.2) is 8.42 Å². The third kappa shape index (κ3) is 7.47. The summed E-state index contributed by atoms with van der Waals surface area (Å²) < 4.78 is 29.0. The topological polar surface area (TPSA) is 86.8 Å². The highest BCUT2D eigenvalue weighted by Crippen LogP contribution is 2.27. The maximum absolute atomic E-state index is 14.0. The van der Waals surface area contributed by atoms with Gasteiger partial charge in [-0.3, -0.25) is 13.9 Å². The summed E-state index contributed by atoms with van der Waals surface area (Å²) in [6, 6.07) is 22.5. The molecule has 0 aromatic heterocycles. The van der Waals surface area contributed by atoms with Crippen LogP contribution in [0, 0.1) is 6.92 Å². The molecule has 3 rings (SSSR count). The molecule has 0 saturated heterocycles. The van der Waals surface area contributed by atoms with Gasteiger partial charge in [0.25, 0.3) is 10.0 Å². The van der Waals surface area contributed by atoms with Gasteiger partial charge in [0.15, 0.2) is 0 Å². The summed E-state index contributed by atoms with van der Waals surface area (Å²) in [5, 5.41) is 2.82. The molecule has 0 saturated carbocycles. The largest absolute Gasteiger partial charge is 0.355 e. The zero-order chi connectivity index (χ0) is 28.6. The van der Waals surface area contributed by atoms with Crippen molar-refractivity contribution in [3.05, 3.63) is 95.6 Å². The molecule has 0 aliphatic rings. The summed E-state index contributed by atoms with van der Waals surface area (Å²) in [6.45, 7) is 9.84. The number of rotatable bonds is 12. The van der Waals surface area contributed by atoms with Gasteiger partial charge in [0.1, 0.15) is 12.6 Å². The summed E-state index contributed by atoms with van der Waals surface area (Å²) in [6.07, 6.45) is 0.387. The molecule has 0 radical (unpaired) electrons. The van der Waals surface area contributed by atoms with Crippen molar-refractivity contribution in [1.29, 1.82) is 0 Å². The summed E-state index contributed by atoms with van der Waals surface area (Å²) in [7, 11) is -4.08. The Morgan fingerprint density at radius 2 is 1.49 bits per heavy atom. The van der Waals surface area contributed by atoms with Crippen LogP contribution in [0.3, 0.4) is 0 Å². The highest BCUT2D eigenvalue weighted by atomic mass is 32.2. The Morgan fingerprint density at radius 3 is 2.03 bits per heavy atom. The van der Waals surface area contributed by atoms with E-state index < -0.39 is 28.5 Å². The predicted octanol–water partition coefficient (Wildman–Crippen LogP) is 5.26. The first-order valence-corrected chi connectivity index (χ1v) is 14.8. The van der Waals surface area contributed by atoms with E-state index in [2.05, 4.69) is 19.2 Å². The number of hydrogen-bond acceptors (Lipinski definition) is 4. The molecule has 0 heterocycles. The Kier molecular flexibility index (Phi) is 10.3. The fourth-order valence-electron chi connectivity index (χ4n) is 4.38. The summed E-state index contributed by atoms with van der Waals surface area (Å²) in [5.74, 6) is -0.453. The number of aryl methyl sites for hydroxylation is 1. The second-order valence-corrected chi connectivity index (χ2v) is 11.8. The summed E-state index contributed by atoms with van der Waals surface area (Å²) in [4.78, 5) is 28.6. The Bertz CT molecular complexity index is 1340. The van der Waals surface area contributed by atoms with Crippen LogP contribution in [0.4, 0.5) is 5.69 Å². The number of nitrogens with zero attached hydrogens (tertiary/aromatic N) is 2. The van der Waals surface area contributed by atoms with E-state index in [1.54, 1.807) is 36.4 Å². The Labute approximate surface area is 232 Å². The Morgan fingerprint density at radius 1 is 0.872 bits per heavy atom. The van der Waals surface area contributed by atoms with E-state index in [-0.39, 0.29) is 23.3 Å². The predicted molar refractivity (Wildman–Crippen MR) is 156 cm³/mol. The van der Waals surface area contributed by atoms with Crippen LogP contribution >= 0.6 is 0 Å². The molecule has 0 aliphatic carbocycles. The van der Waals surface area contributed by atoms with Crippen molar-refractivity contribution >= 4 is 27.5 Å². The van der Waals surface area contributed by atoms with E-state index in [1.165, 1.54) is 4.90 Å². The van der Waals surface area contributed by atoms with Gasteiger partial charge < -0.3 is 10.2 Å². The van der Waals surface area contributed by atoms with Crippen molar-refractivity contribution in [3.63, 3.8) is 0 Å². The molecule has 2 amide bonds. The van der Waals surface area contributed by atoms with E-state index in [4.69, 9.17) is 0 Å². The zero-order valence-electron chi connectivity index (χ0n) is 23.4. The van der Waals surface area contributed by atoms with Crippen molar-refractivity contribution in [1.82, 2.24) is 10.2 Å². The van der Waals surface area contributed by atoms with Crippen LogP contribution in [0.15, 0.2) is 83.8 Å². The number of benzene rings is 3. The molecule has 1 atom stereocenters. The maximum atomic E-state index is 14.0. The van der Waals surface area contributed by atoms with Crippen LogP contribution in [0.5, 0.6) is 0 Å². The number of likely N-dealkylation sites (N-methyl/N-ethyl adjacent to an activating group) is 1. The lowest BCUT2D eigenvalue weighted by Crippen LogP contribution is -2.52. The molecule has 3 aromatic carbocycles. The number of anilines is 1. The number of sulfonamides is 1. The van der Waals surface area contributed by atoms with Crippen LogP contribution in [-0.4, -0.2) is 44.3 Å². The molecule has 0 bridgehead atoms. The van der Waals surface area contributed by atoms with Crippen molar-refractivity contribution in [2.45, 2.75) is 64.4 Å². The fourth-order valence-corrected chi connectivity index (χ4v) is 5.80. The third-order valence-electron chi connectivity index (χ3n) is 6.67. The van der Waals surface area contributed by atoms with Crippen molar-refractivity contribution < 1.29 is 18.0 Å². The van der Waals surface area contributed by atoms with Gasteiger partial charge in [-0.05, 0) is 61.6 Å². The normalized spacial score (nSPS) is 12.2. The molecule has 8 heteroatoms. The maximum Gasteiger partial charge on any atom is 0.264 e. The minimum Gasteiger partial charge on any atom is -0.355 e. The monoisotopic (exact) mass is 549 g/mol. The number of amides is 2. The van der Waals surface area contributed by atoms with E-state index in [1.807, 2.05) is 63.2 Å². The number of carbonyl (C=O) groups is 2. The van der Waals surface area contributed by atoms with Crippen molar-refractivity contribution in [2.75, 3.05) is 17.4 Å². The molecule has 208 valence electrons. The first kappa shape index (κ1) is 29.9. The molecule has 0 aliphatic heterocycles. The smallest absolute Gasteiger partial charge is 0.264 e. The van der Waals surface area contributed by atoms with Gasteiger partial charge in [0.2, 0.25) is 11.8 Å². The van der Waals surface area contributed by atoms with Gasteiger partial charge in [-0.1, -0.05) is 80.9 Å². The highest BCUT2D eigenvalue weighted by molar-refractivity contribution is 7.92. The number of hydrogen-bond donors (Lipinski definition) is 1. The molecule has 3 aromatic rings. The number of nitrogens with one attached hydrogen (secondary N) is 1. The third-order valence-corrected chi connectivity index (χ3v) is 8.46. The summed E-state index contributed by atoms with van der Waals surface area (Å²) >= 11 is 0. The lowest BCUT2D eigenvalue weighted by atomic mass is 10.0. The molecule has 39 heavy (non-hydrogen) atoms. The van der Waals surface area contributed by atoms with Gasteiger partial charge in [0, 0.05) is 13.1 Å². The first-order chi connectivity index (χ1) is 18.6. The average molecular weight is 550 g/mol. The van der Waals surface area contributed by atoms with E-state index in [9.17, 15) is 18.0 Å².